The summed E-state index contributed by atoms with van der Waals surface area (Å²) in [6, 6.07) is -0.811. The van der Waals surface area contributed by atoms with Crippen LogP contribution >= 0.6 is 0 Å². The van der Waals surface area contributed by atoms with Gasteiger partial charge >= 0.3 is 5.97 Å². The summed E-state index contributed by atoms with van der Waals surface area (Å²) in [6.45, 7) is 3.39. The van der Waals surface area contributed by atoms with Crippen LogP contribution in [-0.4, -0.2) is 46.4 Å². The lowest BCUT2D eigenvalue weighted by Gasteiger charge is -2.21. The topological polar surface area (TPSA) is 86.7 Å². The first-order valence-electron chi connectivity index (χ1n) is 5.28. The molecule has 2 N–H and O–H groups in total. The van der Waals surface area contributed by atoms with Crippen LogP contribution in [0.2, 0.25) is 0 Å². The highest BCUT2D eigenvalue weighted by Crippen LogP contribution is 2.17. The summed E-state index contributed by atoms with van der Waals surface area (Å²) in [5, 5.41) is 11.0. The molecule has 2 unspecified atom stereocenters. The monoisotopic (exact) mass is 228 g/mol. The molecule has 1 aliphatic heterocycles. The Morgan fingerprint density at radius 1 is 1.62 bits per heavy atom. The van der Waals surface area contributed by atoms with Gasteiger partial charge in [0.25, 0.3) is 0 Å². The van der Waals surface area contributed by atoms with Gasteiger partial charge in [-0.1, -0.05) is 6.92 Å². The number of hydrogen-bond acceptors (Lipinski definition) is 4. The molecule has 0 spiro atoms. The first-order valence-corrected chi connectivity index (χ1v) is 5.28. The van der Waals surface area contributed by atoms with Gasteiger partial charge in [-0.05, 0) is 13.3 Å². The molecule has 1 heterocycles. The van der Waals surface area contributed by atoms with E-state index < -0.39 is 12.0 Å². The van der Waals surface area contributed by atoms with Crippen LogP contribution in [0.3, 0.4) is 0 Å². The normalized spacial score (nSPS) is 22.6. The second-order valence-corrected chi connectivity index (χ2v) is 3.89. The Hall–Kier alpha value is -1.43. The number of likely N-dealkylation sites (tertiary alicyclic amines) is 1. The molecule has 1 saturated heterocycles. The van der Waals surface area contributed by atoms with Crippen molar-refractivity contribution in [3.05, 3.63) is 0 Å². The fraction of sp³-hybridized carbons (Fsp3) is 0.700. The molecular weight excluding hydrogens is 212 g/mol. The average Bonchev–Trinajstić information content (AvgIpc) is 2.50. The van der Waals surface area contributed by atoms with Crippen molar-refractivity contribution >= 4 is 17.8 Å². The number of rotatable bonds is 5. The molecule has 90 valence electrons. The van der Waals surface area contributed by atoms with Crippen molar-refractivity contribution in [1.82, 2.24) is 10.2 Å². The lowest BCUT2D eigenvalue weighted by Crippen LogP contribution is -2.43. The Bertz CT molecular complexity index is 316. The fourth-order valence-electron chi connectivity index (χ4n) is 1.67. The maximum Gasteiger partial charge on any atom is 0.317 e. The highest BCUT2D eigenvalue weighted by molar-refractivity contribution is 6.05. The number of carbonyl (C=O) groups is 3. The van der Waals surface area contributed by atoms with Crippen LogP contribution in [-0.2, 0) is 14.4 Å². The van der Waals surface area contributed by atoms with Gasteiger partial charge in [-0.25, -0.2) is 0 Å². The molecule has 2 atom stereocenters. The molecule has 1 fully saturated rings. The number of amides is 2. The molecule has 0 radical (unpaired) electrons. The van der Waals surface area contributed by atoms with E-state index in [0.29, 0.717) is 6.42 Å². The summed E-state index contributed by atoms with van der Waals surface area (Å²) in [6.07, 6.45) is 0.750. The summed E-state index contributed by atoms with van der Waals surface area (Å²) in [5.41, 5.74) is 0. The quantitative estimate of drug-likeness (QED) is 0.624. The predicted molar refractivity (Wildman–Crippen MR) is 55.6 cm³/mol. The van der Waals surface area contributed by atoms with Gasteiger partial charge in [0, 0.05) is 6.04 Å². The van der Waals surface area contributed by atoms with Gasteiger partial charge in [-0.15, -0.1) is 0 Å². The lowest BCUT2D eigenvalue weighted by atomic mass is 10.2. The van der Waals surface area contributed by atoms with E-state index in [-0.39, 0.29) is 30.8 Å². The summed E-state index contributed by atoms with van der Waals surface area (Å²) in [5.74, 6) is -1.59. The number of hydrogen-bond donors (Lipinski definition) is 2. The van der Waals surface area contributed by atoms with Gasteiger partial charge in [0.1, 0.15) is 0 Å². The molecule has 6 nitrogen and oxygen atoms in total. The predicted octanol–water partition coefficient (Wildman–Crippen LogP) is -0.413. The minimum atomic E-state index is -1.04. The van der Waals surface area contributed by atoms with E-state index in [1.807, 2.05) is 6.92 Å². The minimum Gasteiger partial charge on any atom is -0.480 e. The fourth-order valence-corrected chi connectivity index (χ4v) is 1.67. The third-order valence-electron chi connectivity index (χ3n) is 2.71. The molecule has 0 bridgehead atoms. The van der Waals surface area contributed by atoms with Crippen LogP contribution in [0.25, 0.3) is 0 Å². The van der Waals surface area contributed by atoms with Crippen LogP contribution in [0.4, 0.5) is 0 Å². The number of imide groups is 1. The van der Waals surface area contributed by atoms with E-state index in [1.54, 1.807) is 6.92 Å². The van der Waals surface area contributed by atoms with Crippen molar-refractivity contribution in [3.8, 4) is 0 Å². The van der Waals surface area contributed by atoms with Gasteiger partial charge in [0.05, 0.1) is 19.0 Å². The number of carboxylic acids is 1. The molecular formula is C10H16N2O4. The highest BCUT2D eigenvalue weighted by atomic mass is 16.4. The molecule has 0 aromatic carbocycles. The number of nitrogens with zero attached hydrogens (tertiary/aromatic N) is 1. The van der Waals surface area contributed by atoms with E-state index in [4.69, 9.17) is 5.11 Å². The Labute approximate surface area is 93.6 Å². The van der Waals surface area contributed by atoms with Crippen molar-refractivity contribution in [2.24, 2.45) is 0 Å². The standard InChI is InChI=1S/C10H16N2O4/c1-3-6(2)12-8(13)4-7(10(12)16)11-5-9(14)15/h6-7,11H,3-5H2,1-2H3,(H,14,15). The minimum absolute atomic E-state index is 0.0520. The summed E-state index contributed by atoms with van der Waals surface area (Å²) in [7, 11) is 0. The molecule has 1 aliphatic rings. The molecule has 2 amide bonds. The van der Waals surface area contributed by atoms with Crippen LogP contribution in [0.15, 0.2) is 0 Å². The van der Waals surface area contributed by atoms with Crippen molar-refractivity contribution < 1.29 is 19.5 Å². The Balaban J connectivity index is 2.63. The molecule has 0 saturated carbocycles. The third-order valence-corrected chi connectivity index (χ3v) is 2.71. The molecule has 1 rings (SSSR count). The van der Waals surface area contributed by atoms with Gasteiger partial charge in [-0.3, -0.25) is 24.6 Å². The molecule has 0 aromatic heterocycles. The Morgan fingerprint density at radius 3 is 2.75 bits per heavy atom. The van der Waals surface area contributed by atoms with Gasteiger partial charge in [0.2, 0.25) is 11.8 Å². The van der Waals surface area contributed by atoms with Gasteiger partial charge < -0.3 is 5.11 Å². The first kappa shape index (κ1) is 12.6. The van der Waals surface area contributed by atoms with E-state index in [2.05, 4.69) is 5.32 Å². The SMILES string of the molecule is CCC(C)N1C(=O)CC(NCC(=O)O)C1=O. The summed E-state index contributed by atoms with van der Waals surface area (Å²) >= 11 is 0. The third kappa shape index (κ3) is 2.57. The average molecular weight is 228 g/mol. The molecule has 16 heavy (non-hydrogen) atoms. The highest BCUT2D eigenvalue weighted by Gasteiger charge is 2.40. The van der Waals surface area contributed by atoms with Crippen LogP contribution in [0.1, 0.15) is 26.7 Å². The Morgan fingerprint density at radius 2 is 2.25 bits per heavy atom. The number of aliphatic carboxylic acids is 1. The second kappa shape index (κ2) is 5.07. The van der Waals surface area contributed by atoms with Crippen LogP contribution in [0, 0.1) is 0 Å². The van der Waals surface area contributed by atoms with E-state index >= 15 is 0 Å². The number of carbonyl (C=O) groups excluding carboxylic acids is 2. The van der Waals surface area contributed by atoms with Crippen molar-refractivity contribution in [2.75, 3.05) is 6.54 Å². The maximum atomic E-state index is 11.8. The second-order valence-electron chi connectivity index (χ2n) is 3.89. The largest absolute Gasteiger partial charge is 0.480 e. The Kier molecular flexibility index (Phi) is 4.00. The van der Waals surface area contributed by atoms with Crippen LogP contribution < -0.4 is 5.32 Å². The maximum absolute atomic E-state index is 11.8. The van der Waals surface area contributed by atoms with Crippen molar-refractivity contribution in [3.63, 3.8) is 0 Å². The van der Waals surface area contributed by atoms with E-state index in [9.17, 15) is 14.4 Å². The molecule has 6 heteroatoms. The molecule has 0 aromatic rings. The van der Waals surface area contributed by atoms with Crippen LogP contribution in [0.5, 0.6) is 0 Å². The summed E-state index contributed by atoms with van der Waals surface area (Å²) < 4.78 is 0. The van der Waals surface area contributed by atoms with E-state index in [1.165, 1.54) is 4.90 Å². The summed E-state index contributed by atoms with van der Waals surface area (Å²) in [4.78, 5) is 34.9. The zero-order chi connectivity index (χ0) is 12.3. The van der Waals surface area contributed by atoms with Crippen molar-refractivity contribution in [2.45, 2.75) is 38.8 Å². The van der Waals surface area contributed by atoms with Gasteiger partial charge in [-0.2, -0.15) is 0 Å². The van der Waals surface area contributed by atoms with Gasteiger partial charge in [0.15, 0.2) is 0 Å². The number of carboxylic acid groups (broad SMARTS) is 1. The smallest absolute Gasteiger partial charge is 0.317 e. The first-order chi connectivity index (χ1) is 7.47. The van der Waals surface area contributed by atoms with Crippen molar-refractivity contribution in [1.29, 1.82) is 0 Å². The molecule has 0 aliphatic carbocycles. The number of nitrogens with one attached hydrogen (secondary N) is 1. The van der Waals surface area contributed by atoms with E-state index in [0.717, 1.165) is 0 Å². The lowest BCUT2D eigenvalue weighted by molar-refractivity contribution is -0.141. The zero-order valence-corrected chi connectivity index (χ0v) is 9.40. The zero-order valence-electron chi connectivity index (χ0n) is 9.40.